The van der Waals surface area contributed by atoms with Gasteiger partial charge in [-0.25, -0.2) is 5.01 Å². The summed E-state index contributed by atoms with van der Waals surface area (Å²) in [5.74, 6) is 0. The Morgan fingerprint density at radius 2 is 1.85 bits per heavy atom. The molecule has 0 aliphatic carbocycles. The summed E-state index contributed by atoms with van der Waals surface area (Å²) in [6.07, 6.45) is 5.24. The van der Waals surface area contributed by atoms with Crippen LogP contribution in [0.3, 0.4) is 0 Å². The van der Waals surface area contributed by atoms with Crippen LogP contribution in [0.25, 0.3) is 0 Å². The quantitative estimate of drug-likeness (QED) is 0.349. The molecule has 1 aliphatic rings. The topological polar surface area (TPSA) is 78.7 Å². The average molecular weight is 459 g/mol. The molecule has 2 aromatic carbocycles. The fraction of sp³-hybridized carbons (Fsp3) is 0.259. The maximum absolute atomic E-state index is 10.5. The molecule has 0 fully saturated rings. The molecular weight excluding hydrogens is 424 g/mol. The zero-order chi connectivity index (χ0) is 24.7. The number of fused-ring (bicyclic) bond motifs is 1. The Bertz CT molecular complexity index is 1090. The van der Waals surface area contributed by atoms with E-state index in [9.17, 15) is 5.11 Å². The number of para-hydroxylation sites is 1. The minimum absolute atomic E-state index is 0.297. The monoisotopic (exact) mass is 458 g/mol. The number of nitrogens with one attached hydrogen (secondary N) is 2. The van der Waals surface area contributed by atoms with Crippen molar-refractivity contribution in [3.05, 3.63) is 96.3 Å². The SMILES string of the molecule is C=CC=N.Cc1cnccc1C(O)Nc1ccc(N(C)CC2c3ccccc3N(C)N2C)cc1. The lowest BCUT2D eigenvalue weighted by atomic mass is 10.1. The highest BCUT2D eigenvalue weighted by atomic mass is 16.3. The predicted octanol–water partition coefficient (Wildman–Crippen LogP) is 4.79. The van der Waals surface area contributed by atoms with Crippen LogP contribution < -0.4 is 15.2 Å². The molecule has 2 unspecified atom stereocenters. The Morgan fingerprint density at radius 3 is 2.50 bits per heavy atom. The molecule has 2 atom stereocenters. The summed E-state index contributed by atoms with van der Waals surface area (Å²) in [6, 6.07) is 18.9. The molecule has 2 heterocycles. The summed E-state index contributed by atoms with van der Waals surface area (Å²) >= 11 is 0. The van der Waals surface area contributed by atoms with Gasteiger partial charge in [-0.2, -0.15) is 0 Å². The van der Waals surface area contributed by atoms with Gasteiger partial charge in [0.2, 0.25) is 0 Å². The molecule has 1 aromatic heterocycles. The second kappa shape index (κ2) is 11.4. The Morgan fingerprint density at radius 1 is 1.18 bits per heavy atom. The Kier molecular flexibility index (Phi) is 8.40. The lowest BCUT2D eigenvalue weighted by Gasteiger charge is -2.31. The number of hydrazine groups is 1. The van der Waals surface area contributed by atoms with Crippen LogP contribution in [0.5, 0.6) is 0 Å². The first-order valence-electron chi connectivity index (χ1n) is 11.2. The van der Waals surface area contributed by atoms with Gasteiger partial charge in [0.05, 0.1) is 11.7 Å². The number of aryl methyl sites for hydroxylation is 1. The zero-order valence-corrected chi connectivity index (χ0v) is 20.3. The normalized spacial score (nSPS) is 15.6. The molecule has 3 aromatic rings. The van der Waals surface area contributed by atoms with Crippen molar-refractivity contribution in [2.24, 2.45) is 0 Å². The number of allylic oxidation sites excluding steroid dienone is 1. The number of aromatic nitrogens is 1. The summed E-state index contributed by atoms with van der Waals surface area (Å²) in [6.45, 7) is 6.06. The number of hydrogen-bond donors (Lipinski definition) is 3. The third kappa shape index (κ3) is 5.62. The van der Waals surface area contributed by atoms with Gasteiger partial charge in [-0.15, -0.1) is 0 Å². The van der Waals surface area contributed by atoms with Gasteiger partial charge in [-0.3, -0.25) is 4.98 Å². The van der Waals surface area contributed by atoms with Crippen molar-refractivity contribution < 1.29 is 5.11 Å². The standard InChI is InChI=1S/C24H29N5O.C3H5N/c1-17-15-25-14-13-20(17)24(30)26-18-9-11-19(12-10-18)27(2)16-23-21-7-5-6-8-22(21)28(3)29(23)4;1-2-3-4/h5-15,23-24,26,30H,16H2,1-4H3;2-4H,1H2. The first kappa shape index (κ1) is 25.0. The molecule has 7 nitrogen and oxygen atoms in total. The van der Waals surface area contributed by atoms with Crippen LogP contribution in [0.1, 0.15) is 29.0 Å². The van der Waals surface area contributed by atoms with E-state index in [1.54, 1.807) is 12.4 Å². The van der Waals surface area contributed by atoms with E-state index in [-0.39, 0.29) is 0 Å². The number of benzene rings is 2. The van der Waals surface area contributed by atoms with E-state index in [0.717, 1.165) is 35.3 Å². The van der Waals surface area contributed by atoms with Gasteiger partial charge in [0.1, 0.15) is 0 Å². The molecule has 34 heavy (non-hydrogen) atoms. The highest BCUT2D eigenvalue weighted by Crippen LogP contribution is 2.38. The largest absolute Gasteiger partial charge is 0.373 e. The van der Waals surface area contributed by atoms with E-state index in [1.807, 2.05) is 25.1 Å². The van der Waals surface area contributed by atoms with Crippen molar-refractivity contribution >= 4 is 23.3 Å². The first-order valence-corrected chi connectivity index (χ1v) is 11.2. The van der Waals surface area contributed by atoms with Crippen LogP contribution >= 0.6 is 0 Å². The van der Waals surface area contributed by atoms with Crippen LogP contribution in [0.2, 0.25) is 0 Å². The van der Waals surface area contributed by atoms with E-state index in [4.69, 9.17) is 5.41 Å². The van der Waals surface area contributed by atoms with Crippen molar-refractivity contribution in [1.82, 2.24) is 9.99 Å². The maximum atomic E-state index is 10.5. The van der Waals surface area contributed by atoms with Gasteiger partial charge >= 0.3 is 0 Å². The van der Waals surface area contributed by atoms with Crippen LogP contribution in [0.4, 0.5) is 17.1 Å². The molecule has 0 saturated heterocycles. The lowest BCUT2D eigenvalue weighted by molar-refractivity contribution is 0.207. The minimum Gasteiger partial charge on any atom is -0.373 e. The number of hydrogen-bond acceptors (Lipinski definition) is 7. The van der Waals surface area contributed by atoms with E-state index >= 15 is 0 Å². The van der Waals surface area contributed by atoms with Gasteiger partial charge in [-0.05, 0) is 54.4 Å². The number of aliphatic hydroxyl groups excluding tert-OH is 1. The van der Waals surface area contributed by atoms with E-state index in [0.29, 0.717) is 6.04 Å². The molecule has 0 amide bonds. The molecule has 3 N–H and O–H groups in total. The molecule has 0 radical (unpaired) electrons. The molecule has 0 spiro atoms. The summed E-state index contributed by atoms with van der Waals surface area (Å²) < 4.78 is 0. The highest BCUT2D eigenvalue weighted by Gasteiger charge is 2.32. The van der Waals surface area contributed by atoms with Crippen LogP contribution in [0, 0.1) is 12.3 Å². The summed E-state index contributed by atoms with van der Waals surface area (Å²) in [7, 11) is 6.36. The third-order valence-electron chi connectivity index (χ3n) is 6.10. The number of pyridine rings is 1. The molecule has 4 rings (SSSR count). The zero-order valence-electron chi connectivity index (χ0n) is 20.3. The van der Waals surface area contributed by atoms with Crippen molar-refractivity contribution in [2.75, 3.05) is 42.9 Å². The third-order valence-corrected chi connectivity index (χ3v) is 6.10. The fourth-order valence-corrected chi connectivity index (χ4v) is 4.06. The van der Waals surface area contributed by atoms with Crippen LogP contribution in [-0.2, 0) is 0 Å². The number of anilines is 3. The van der Waals surface area contributed by atoms with E-state index in [2.05, 4.69) is 89.3 Å². The molecule has 0 saturated carbocycles. The summed E-state index contributed by atoms with van der Waals surface area (Å²) in [4.78, 5) is 6.35. The van der Waals surface area contributed by atoms with Crippen LogP contribution in [-0.4, -0.2) is 49.0 Å². The molecular formula is C27H34N6O. The maximum Gasteiger partial charge on any atom is 0.151 e. The van der Waals surface area contributed by atoms with Gasteiger partial charge < -0.3 is 25.7 Å². The average Bonchev–Trinajstić information content (AvgIpc) is 3.09. The molecule has 0 bridgehead atoms. The van der Waals surface area contributed by atoms with Gasteiger partial charge in [0.25, 0.3) is 0 Å². The number of nitrogens with zero attached hydrogens (tertiary/aromatic N) is 4. The number of likely N-dealkylation sites (N-methyl/N-ethyl adjacent to an activating group) is 2. The van der Waals surface area contributed by atoms with Crippen molar-refractivity contribution in [2.45, 2.75) is 19.2 Å². The van der Waals surface area contributed by atoms with Crippen molar-refractivity contribution in [3.63, 3.8) is 0 Å². The lowest BCUT2D eigenvalue weighted by Crippen LogP contribution is -2.38. The van der Waals surface area contributed by atoms with Crippen molar-refractivity contribution in [3.8, 4) is 0 Å². The minimum atomic E-state index is -0.768. The number of aliphatic hydroxyl groups is 1. The summed E-state index contributed by atoms with van der Waals surface area (Å²) in [5.41, 5.74) is 6.41. The van der Waals surface area contributed by atoms with Crippen molar-refractivity contribution in [1.29, 1.82) is 5.41 Å². The Labute approximate surface area is 202 Å². The van der Waals surface area contributed by atoms with E-state index in [1.165, 1.54) is 17.3 Å². The Balaban J connectivity index is 0.000000751. The molecule has 1 aliphatic heterocycles. The highest BCUT2D eigenvalue weighted by molar-refractivity contribution is 5.66. The second-order valence-corrected chi connectivity index (χ2v) is 8.28. The smallest absolute Gasteiger partial charge is 0.151 e. The second-order valence-electron chi connectivity index (χ2n) is 8.28. The van der Waals surface area contributed by atoms with Gasteiger partial charge in [0, 0.05) is 63.2 Å². The van der Waals surface area contributed by atoms with Gasteiger partial charge in [0.15, 0.2) is 6.23 Å². The molecule has 7 heteroatoms. The molecule has 178 valence electrons. The van der Waals surface area contributed by atoms with E-state index < -0.39 is 6.23 Å². The fourth-order valence-electron chi connectivity index (χ4n) is 4.06. The Hall–Kier alpha value is -3.68. The summed E-state index contributed by atoms with van der Waals surface area (Å²) in [5, 5.41) is 24.4. The predicted molar refractivity (Wildman–Crippen MR) is 142 cm³/mol. The van der Waals surface area contributed by atoms with Gasteiger partial charge in [-0.1, -0.05) is 30.9 Å². The number of rotatable bonds is 7. The van der Waals surface area contributed by atoms with Crippen LogP contribution in [0.15, 0.2) is 79.6 Å². The first-order chi connectivity index (χ1) is 16.4.